The molecular weight excluding hydrogens is 1070 g/mol. The second-order valence-corrected chi connectivity index (χ2v) is 19.4. The van der Waals surface area contributed by atoms with E-state index in [-0.39, 0.29) is 76.9 Å². The van der Waals surface area contributed by atoms with Crippen LogP contribution in [-0.4, -0.2) is 147 Å². The molecule has 3 aliphatic rings. The van der Waals surface area contributed by atoms with Crippen LogP contribution >= 0.6 is 0 Å². The van der Waals surface area contributed by atoms with Gasteiger partial charge in [0.15, 0.2) is 37.0 Å². The summed E-state index contributed by atoms with van der Waals surface area (Å²) >= 11 is 0. The van der Waals surface area contributed by atoms with Crippen LogP contribution < -0.4 is 29.6 Å². The van der Waals surface area contributed by atoms with Crippen molar-refractivity contribution in [1.82, 2.24) is 4.90 Å². The number of hydrogen-bond acceptors (Lipinski definition) is 21. The first-order chi connectivity index (χ1) is 37.2. The average molecular weight is 1120 g/mol. The van der Waals surface area contributed by atoms with Crippen LogP contribution in [0.4, 0.5) is 0 Å². The Morgan fingerprint density at radius 2 is 1.09 bits per heavy atom. The maximum Gasteiger partial charge on any atom is 1.00 e. The summed E-state index contributed by atoms with van der Waals surface area (Å²) in [6, 6.07) is 21.9. The third-order valence-corrected chi connectivity index (χ3v) is 13.0. The zero-order chi connectivity index (χ0) is 56.3. The largest absolute Gasteiger partial charge is 1.00 e. The van der Waals surface area contributed by atoms with Crippen molar-refractivity contribution in [2.24, 2.45) is 5.11 Å². The third-order valence-electron chi connectivity index (χ3n) is 12.6. The Labute approximate surface area is 476 Å². The van der Waals surface area contributed by atoms with Crippen molar-refractivity contribution in [2.75, 3.05) is 26.4 Å². The number of amides is 2. The molecule has 10 atom stereocenters. The Morgan fingerprint density at radius 3 is 1.57 bits per heavy atom. The van der Waals surface area contributed by atoms with Gasteiger partial charge in [0.1, 0.15) is 31.0 Å². The number of unbranched alkanes of at least 4 members (excludes halogenated alkanes) is 2. The smallest absolute Gasteiger partial charge is 0.726 e. The fourth-order valence-corrected chi connectivity index (χ4v) is 9.08. The number of fused-ring (bicyclic) bond motifs is 1. The first-order valence-corrected chi connectivity index (χ1v) is 25.9. The Bertz CT molecular complexity index is 2980. The van der Waals surface area contributed by atoms with Crippen molar-refractivity contribution in [2.45, 2.75) is 115 Å². The molecule has 0 bridgehead atoms. The van der Waals surface area contributed by atoms with Crippen LogP contribution in [0.15, 0.2) is 102 Å². The number of aryl methyl sites for hydroxylation is 3. The number of carbonyl (C=O) groups excluding carboxylic acids is 7. The van der Waals surface area contributed by atoms with Crippen LogP contribution in [-0.2, 0) is 66.8 Å². The molecule has 4 aromatic carbocycles. The summed E-state index contributed by atoms with van der Waals surface area (Å²) in [4.78, 5) is 101. The Morgan fingerprint density at radius 1 is 0.620 bits per heavy atom. The molecule has 414 valence electrons. The van der Waals surface area contributed by atoms with Gasteiger partial charge in [0.25, 0.3) is 11.8 Å². The van der Waals surface area contributed by atoms with E-state index in [0.29, 0.717) is 12.8 Å². The second kappa shape index (κ2) is 28.0. The van der Waals surface area contributed by atoms with Crippen molar-refractivity contribution in [1.29, 1.82) is 0 Å². The Hall–Kier alpha value is -6.61. The van der Waals surface area contributed by atoms with E-state index in [1.807, 2.05) is 0 Å². The molecule has 4 aromatic rings. The molecule has 0 saturated carbocycles. The van der Waals surface area contributed by atoms with Gasteiger partial charge < -0.3 is 47.2 Å². The first-order valence-electron chi connectivity index (χ1n) is 24.5. The van der Waals surface area contributed by atoms with Crippen LogP contribution in [0.5, 0.6) is 0 Å². The Balaban J connectivity index is 0.0000101. The zero-order valence-corrected chi connectivity index (χ0v) is 46.6. The van der Waals surface area contributed by atoms with Gasteiger partial charge >= 0.3 is 59.4 Å². The summed E-state index contributed by atoms with van der Waals surface area (Å²) in [5.74, 6) is -6.99. The van der Waals surface area contributed by atoms with Gasteiger partial charge in [-0.05, 0) is 87.7 Å². The molecular formula is C53H55N4NaO20S. The fourth-order valence-electron chi connectivity index (χ4n) is 8.78. The van der Waals surface area contributed by atoms with E-state index in [1.165, 1.54) is 60.7 Å². The fraction of sp³-hybridized carbons (Fsp3) is 0.415. The number of azide groups is 1. The van der Waals surface area contributed by atoms with Gasteiger partial charge in [-0.25, -0.2) is 22.8 Å². The molecule has 0 radical (unpaired) electrons. The summed E-state index contributed by atoms with van der Waals surface area (Å²) in [6.45, 7) is 5.38. The van der Waals surface area contributed by atoms with Crippen molar-refractivity contribution < 1.29 is 123 Å². The molecule has 3 aliphatic heterocycles. The van der Waals surface area contributed by atoms with E-state index in [4.69, 9.17) is 52.3 Å². The first kappa shape index (κ1) is 61.6. The number of hydrogen-bond donors (Lipinski definition) is 0. The maximum atomic E-state index is 14.6. The molecule has 7 rings (SSSR count). The van der Waals surface area contributed by atoms with E-state index in [9.17, 15) is 46.5 Å². The minimum Gasteiger partial charge on any atom is -0.726 e. The molecule has 2 amide bonds. The Kier molecular flexibility index (Phi) is 21.8. The normalized spacial score (nSPS) is 23.5. The summed E-state index contributed by atoms with van der Waals surface area (Å²) in [7, 11) is -5.60. The summed E-state index contributed by atoms with van der Waals surface area (Å²) in [6.07, 6.45) is -16.5. The zero-order valence-electron chi connectivity index (χ0n) is 43.8. The van der Waals surface area contributed by atoms with Crippen molar-refractivity contribution >= 4 is 52.1 Å². The molecule has 0 unspecified atom stereocenters. The van der Waals surface area contributed by atoms with E-state index in [1.54, 1.807) is 57.2 Å². The van der Waals surface area contributed by atoms with E-state index >= 15 is 0 Å². The van der Waals surface area contributed by atoms with Gasteiger partial charge in [0, 0.05) is 31.9 Å². The summed E-state index contributed by atoms with van der Waals surface area (Å²) in [5, 5.41) is 3.54. The molecule has 0 aliphatic carbocycles. The molecule has 0 spiro atoms. The van der Waals surface area contributed by atoms with Gasteiger partial charge in [-0.3, -0.25) is 28.3 Å². The second-order valence-electron chi connectivity index (χ2n) is 18.4. The van der Waals surface area contributed by atoms with Crippen molar-refractivity contribution in [3.63, 3.8) is 0 Å². The number of ether oxygens (including phenoxy) is 9. The SMILES string of the molecule is CC(=O)OC[C@H]1O[C@@H](OCCCCCN=[N+]=[N-])[C@H](N2C(=O)c3ccccc3C2=O)[C@@H](O[C@@H]2O[C@H](COS(=O)(=O)[O-])[C@@H](OC(=O)c3ccc(C)cc3)[C@H](OC(=O)c3ccc(C)cc3)[C@H]2OC(=O)c2ccc(C)cc2)[C@H]1OC(C)=O.[Na+]. The number of imide groups is 1. The number of rotatable bonds is 22. The monoisotopic (exact) mass is 1120 g/mol. The van der Waals surface area contributed by atoms with E-state index < -0.39 is 127 Å². The van der Waals surface area contributed by atoms with Crippen LogP contribution in [0.1, 0.15) is 102 Å². The molecule has 24 nitrogen and oxygen atoms in total. The summed E-state index contributed by atoms with van der Waals surface area (Å²) in [5.41, 5.74) is 10.6. The number of benzene rings is 4. The quantitative estimate of drug-likeness (QED) is 0.0104. The number of esters is 5. The van der Waals surface area contributed by atoms with Crippen molar-refractivity contribution in [3.05, 3.63) is 152 Å². The van der Waals surface area contributed by atoms with Crippen molar-refractivity contribution in [3.8, 4) is 0 Å². The van der Waals surface area contributed by atoms with Crippen LogP contribution in [0.3, 0.4) is 0 Å². The van der Waals surface area contributed by atoms with Gasteiger partial charge in [-0.1, -0.05) is 76.8 Å². The number of nitrogens with zero attached hydrogens (tertiary/aromatic N) is 4. The third kappa shape index (κ3) is 16.0. The van der Waals surface area contributed by atoms with Gasteiger partial charge in [-0.15, -0.1) is 0 Å². The molecule has 3 heterocycles. The molecule has 0 N–H and O–H groups in total. The predicted molar refractivity (Wildman–Crippen MR) is 266 cm³/mol. The maximum absolute atomic E-state index is 14.6. The minimum absolute atomic E-state index is 0. The van der Waals surface area contributed by atoms with Crippen LogP contribution in [0.2, 0.25) is 0 Å². The van der Waals surface area contributed by atoms with Crippen LogP contribution in [0.25, 0.3) is 10.4 Å². The van der Waals surface area contributed by atoms with E-state index in [0.717, 1.165) is 35.4 Å². The molecule has 26 heteroatoms. The average Bonchev–Trinajstić information content (AvgIpc) is 3.84. The van der Waals surface area contributed by atoms with E-state index in [2.05, 4.69) is 10.0 Å². The minimum atomic E-state index is -5.60. The standard InChI is InChI=1S/C53H56N4O20S.Na/c1-29-13-19-34(20-14-29)49(62)74-43-40(28-70-78(65,66)67)73-53(46(76-51(64)36-23-17-31(3)18-24-36)45(43)75-50(63)35-21-15-30(2)16-22-35)77-44-41(57-47(60)37-11-7-8-12-38(37)48(57)61)52(68-26-10-6-9-25-55-56-54)72-39(27-69-32(4)58)42(44)71-33(5)59;/h7-8,11-24,39-46,52-53H,6,9-10,25-28H2,1-5H3,(H,65,66,67);/q;+1/p-1/t39-,40-,41-,42+,43-,44-,45+,46-,52-,53+;/m1./s1. The molecule has 79 heavy (non-hydrogen) atoms. The van der Waals surface area contributed by atoms with Gasteiger partial charge in [0.2, 0.25) is 10.4 Å². The molecule has 0 aromatic heterocycles. The predicted octanol–water partition coefficient (Wildman–Crippen LogP) is 2.56. The van der Waals surface area contributed by atoms with Gasteiger partial charge in [-0.2, -0.15) is 0 Å². The number of carbonyl (C=O) groups is 7. The topological polar surface area (TPSA) is 321 Å². The summed E-state index contributed by atoms with van der Waals surface area (Å²) < 4.78 is 97.0. The molecule has 2 fully saturated rings. The molecule has 2 saturated heterocycles. The van der Waals surface area contributed by atoms with Crippen LogP contribution in [0, 0.1) is 20.8 Å². The van der Waals surface area contributed by atoms with Gasteiger partial charge in [0.05, 0.1) is 34.4 Å².